The van der Waals surface area contributed by atoms with Crippen molar-refractivity contribution in [1.82, 2.24) is 14.5 Å². The molecule has 0 saturated heterocycles. The van der Waals surface area contributed by atoms with E-state index >= 15 is 0 Å². The average molecular weight is 362 g/mol. The van der Waals surface area contributed by atoms with Gasteiger partial charge in [0.25, 0.3) is 15.7 Å². The fourth-order valence-corrected chi connectivity index (χ4v) is 3.12. The summed E-state index contributed by atoms with van der Waals surface area (Å²) in [5, 5.41) is 13.5. The number of fused-ring (bicyclic) bond motifs is 1. The Balaban J connectivity index is 0.000000314. The largest absolute Gasteiger partial charge is 0.323 e. The summed E-state index contributed by atoms with van der Waals surface area (Å²) in [5.74, 6) is 0.0591. The van der Waals surface area contributed by atoms with E-state index in [1.807, 2.05) is 12.4 Å². The molecule has 0 fully saturated rings. The van der Waals surface area contributed by atoms with Crippen LogP contribution < -0.4 is 10.3 Å². The van der Waals surface area contributed by atoms with Gasteiger partial charge in [-0.3, -0.25) is 24.6 Å². The zero-order valence-corrected chi connectivity index (χ0v) is 13.3. The van der Waals surface area contributed by atoms with E-state index in [4.69, 9.17) is 0 Å². The highest BCUT2D eigenvalue weighted by Gasteiger charge is 2.27. The number of sulfonamides is 1. The van der Waals surface area contributed by atoms with Crippen molar-refractivity contribution in [3.05, 3.63) is 65.8 Å². The zero-order valence-electron chi connectivity index (χ0n) is 12.5. The number of benzene rings is 1. The van der Waals surface area contributed by atoms with Gasteiger partial charge in [-0.2, -0.15) is 8.42 Å². The first kappa shape index (κ1) is 16.3. The van der Waals surface area contributed by atoms with Crippen molar-refractivity contribution >= 4 is 27.4 Å². The molecule has 1 aromatic carbocycles. The first-order chi connectivity index (χ1) is 12.0. The summed E-state index contributed by atoms with van der Waals surface area (Å²) in [6, 6.07) is 3.53. The third-order valence-corrected chi connectivity index (χ3v) is 4.41. The topological polar surface area (TPSA) is 149 Å². The van der Waals surface area contributed by atoms with E-state index in [9.17, 15) is 18.5 Å². The van der Waals surface area contributed by atoms with Crippen LogP contribution in [0.5, 0.6) is 0 Å². The van der Waals surface area contributed by atoms with Gasteiger partial charge >= 0.3 is 0 Å². The third kappa shape index (κ3) is 3.53. The van der Waals surface area contributed by atoms with Gasteiger partial charge in [0.05, 0.1) is 10.6 Å². The Bertz CT molecular complexity index is 994. The second kappa shape index (κ2) is 6.52. The van der Waals surface area contributed by atoms with Gasteiger partial charge in [-0.1, -0.05) is 0 Å². The number of anilines is 1. The standard InChI is InChI=1S/C10H7N5O4S.C3H4N2/c16-15(17)7-1-2-8-9(5-7)20(18,19)13-10(12-8)14-4-3-11-6-14;1-2-5-3-4-1/h1-6H,(H,12,13);1-3H,(H,4,5)/p+1. The lowest BCUT2D eigenvalue weighted by Gasteiger charge is -2.17. The normalized spacial score (nSPS) is 14.3. The molecular formula is C13H12N7O4S+. The number of nitrogens with zero attached hydrogens (tertiary/aromatic N) is 4. The molecule has 3 heterocycles. The average Bonchev–Trinajstić information content (AvgIpc) is 3.30. The molecule has 4 rings (SSSR count). The first-order valence-electron chi connectivity index (χ1n) is 6.85. The molecule has 25 heavy (non-hydrogen) atoms. The minimum absolute atomic E-state index is 0.0591. The van der Waals surface area contributed by atoms with Crippen LogP contribution >= 0.6 is 0 Å². The quantitative estimate of drug-likeness (QED) is 0.479. The lowest BCUT2D eigenvalue weighted by atomic mass is 10.3. The molecule has 1 aliphatic heterocycles. The highest BCUT2D eigenvalue weighted by atomic mass is 32.2. The van der Waals surface area contributed by atoms with Gasteiger partial charge in [0.15, 0.2) is 0 Å². The van der Waals surface area contributed by atoms with Crippen molar-refractivity contribution in [2.24, 2.45) is 4.40 Å². The number of aromatic amines is 2. The molecule has 12 heteroatoms. The number of nitrogens with one attached hydrogen (secondary N) is 3. The summed E-state index contributed by atoms with van der Waals surface area (Å²) in [7, 11) is -4.00. The van der Waals surface area contributed by atoms with Gasteiger partial charge in [0.2, 0.25) is 12.3 Å². The molecule has 11 nitrogen and oxygen atoms in total. The van der Waals surface area contributed by atoms with Crippen LogP contribution in [0.15, 0.2) is 64.9 Å². The number of hydrogen-bond acceptors (Lipinski definition) is 6. The molecule has 1 aliphatic rings. The van der Waals surface area contributed by atoms with E-state index in [1.165, 1.54) is 35.4 Å². The van der Waals surface area contributed by atoms with Crippen LogP contribution in [0.1, 0.15) is 0 Å². The van der Waals surface area contributed by atoms with E-state index in [0.29, 0.717) is 0 Å². The minimum Gasteiger partial charge on any atom is -0.323 e. The molecule has 128 valence electrons. The number of H-pyrrole nitrogens is 2. The maximum absolute atomic E-state index is 12.1. The molecule has 0 radical (unpaired) electrons. The number of nitro benzene ring substituents is 1. The van der Waals surface area contributed by atoms with Crippen LogP contribution in [0.4, 0.5) is 11.4 Å². The number of imidazole rings is 2. The van der Waals surface area contributed by atoms with Crippen molar-refractivity contribution < 1.29 is 18.3 Å². The van der Waals surface area contributed by atoms with Crippen LogP contribution in [0.3, 0.4) is 0 Å². The van der Waals surface area contributed by atoms with Crippen LogP contribution in [0.2, 0.25) is 0 Å². The van der Waals surface area contributed by atoms with E-state index in [1.54, 1.807) is 6.33 Å². The summed E-state index contributed by atoms with van der Waals surface area (Å²) in [6.07, 6.45) is 9.78. The Morgan fingerprint density at radius 1 is 1.32 bits per heavy atom. The smallest absolute Gasteiger partial charge is 0.287 e. The van der Waals surface area contributed by atoms with E-state index in [2.05, 4.69) is 24.7 Å². The van der Waals surface area contributed by atoms with Crippen molar-refractivity contribution in [2.75, 3.05) is 5.32 Å². The van der Waals surface area contributed by atoms with E-state index < -0.39 is 14.9 Å². The molecule has 3 N–H and O–H groups in total. The SMILES string of the molecule is O=[N+]([O-])c1ccc2c(c1)S(=O)(=O)N=C(n1ccnc1)N2.c1c[nH+]c[nH]1. The Labute approximate surface area is 141 Å². The first-order valence-corrected chi connectivity index (χ1v) is 8.29. The highest BCUT2D eigenvalue weighted by molar-refractivity contribution is 7.90. The molecule has 0 bridgehead atoms. The summed E-state index contributed by atoms with van der Waals surface area (Å²) < 4.78 is 29.1. The predicted molar refractivity (Wildman–Crippen MR) is 86.3 cm³/mol. The molecular weight excluding hydrogens is 350 g/mol. The van der Waals surface area contributed by atoms with Gasteiger partial charge in [-0.05, 0) is 6.07 Å². The second-order valence-corrected chi connectivity index (χ2v) is 6.31. The molecule has 3 aromatic rings. The van der Waals surface area contributed by atoms with Crippen LogP contribution in [0.25, 0.3) is 0 Å². The maximum atomic E-state index is 12.1. The summed E-state index contributed by atoms with van der Waals surface area (Å²) >= 11 is 0. The molecule has 0 unspecified atom stereocenters. The predicted octanol–water partition coefficient (Wildman–Crippen LogP) is 0.639. The summed E-state index contributed by atoms with van der Waals surface area (Å²) in [5.41, 5.74) is -0.0790. The van der Waals surface area contributed by atoms with Crippen LogP contribution in [-0.2, 0) is 10.0 Å². The minimum atomic E-state index is -4.00. The Kier molecular flexibility index (Phi) is 4.26. The van der Waals surface area contributed by atoms with Gasteiger partial charge < -0.3 is 5.32 Å². The third-order valence-electron chi connectivity index (χ3n) is 3.10. The monoisotopic (exact) mass is 362 g/mol. The Hall–Kier alpha value is -3.54. The van der Waals surface area contributed by atoms with Crippen molar-refractivity contribution in [3.63, 3.8) is 0 Å². The van der Waals surface area contributed by atoms with Gasteiger partial charge in [0.1, 0.15) is 23.6 Å². The van der Waals surface area contributed by atoms with Crippen molar-refractivity contribution in [2.45, 2.75) is 4.90 Å². The number of non-ortho nitro benzene ring substituents is 1. The Morgan fingerprint density at radius 3 is 2.72 bits per heavy atom. The summed E-state index contributed by atoms with van der Waals surface area (Å²) in [4.78, 5) is 19.2. The number of hydrogen-bond donors (Lipinski definition) is 2. The molecule has 0 atom stereocenters. The van der Waals surface area contributed by atoms with Gasteiger partial charge in [-0.25, -0.2) is 4.98 Å². The molecule has 2 aromatic heterocycles. The Morgan fingerprint density at radius 2 is 2.16 bits per heavy atom. The molecule has 0 aliphatic carbocycles. The highest BCUT2D eigenvalue weighted by Crippen LogP contribution is 2.30. The van der Waals surface area contributed by atoms with E-state index in [-0.39, 0.29) is 22.2 Å². The van der Waals surface area contributed by atoms with E-state index in [0.717, 1.165) is 6.07 Å². The summed E-state index contributed by atoms with van der Waals surface area (Å²) in [6.45, 7) is 0. The lowest BCUT2D eigenvalue weighted by molar-refractivity contribution is -0.385. The zero-order chi connectivity index (χ0) is 17.9. The molecule has 0 spiro atoms. The fraction of sp³-hybridized carbons (Fsp3) is 0. The van der Waals surface area contributed by atoms with Crippen LogP contribution in [-0.4, -0.2) is 33.8 Å². The number of aromatic nitrogens is 4. The lowest BCUT2D eigenvalue weighted by Crippen LogP contribution is -2.27. The second-order valence-electron chi connectivity index (χ2n) is 4.73. The van der Waals surface area contributed by atoms with Crippen molar-refractivity contribution in [3.8, 4) is 0 Å². The molecule has 0 amide bonds. The number of rotatable bonds is 1. The number of nitro groups is 1. The van der Waals surface area contributed by atoms with Crippen LogP contribution in [0, 0.1) is 10.1 Å². The maximum Gasteiger partial charge on any atom is 0.287 e. The molecule has 0 saturated carbocycles. The van der Waals surface area contributed by atoms with Gasteiger partial charge in [-0.15, -0.1) is 4.40 Å². The fourth-order valence-electron chi connectivity index (χ4n) is 1.98. The van der Waals surface area contributed by atoms with Gasteiger partial charge in [0, 0.05) is 24.5 Å². The van der Waals surface area contributed by atoms with Crippen molar-refractivity contribution in [1.29, 1.82) is 0 Å².